The van der Waals surface area contributed by atoms with E-state index in [4.69, 9.17) is 21.4 Å². The zero-order valence-electron chi connectivity index (χ0n) is 30.6. The largest absolute Gasteiger partial charge is 0.508 e. The number of imide groups is 2. The zero-order chi connectivity index (χ0) is 39.5. The molecular formula is C41H34ClN5O8S. The van der Waals surface area contributed by atoms with Crippen LogP contribution in [0.1, 0.15) is 36.8 Å². The summed E-state index contributed by atoms with van der Waals surface area (Å²) in [4.78, 5) is 72.3. The average molecular weight is 792 g/mol. The van der Waals surface area contributed by atoms with Crippen molar-refractivity contribution in [3.63, 3.8) is 0 Å². The predicted octanol–water partition coefficient (Wildman–Crippen LogP) is 7.32. The Balaban J connectivity index is 1.15. The van der Waals surface area contributed by atoms with Crippen molar-refractivity contribution in [1.29, 1.82) is 0 Å². The molecule has 2 aromatic heterocycles. The van der Waals surface area contributed by atoms with Crippen LogP contribution in [-0.4, -0.2) is 50.5 Å². The number of halogens is 1. The first kappa shape index (κ1) is 35.8. The number of non-ortho nitro benzene ring substituents is 1. The van der Waals surface area contributed by atoms with Gasteiger partial charge in [-0.2, -0.15) is 5.10 Å². The van der Waals surface area contributed by atoms with Crippen LogP contribution in [0, 0.1) is 46.1 Å². The van der Waals surface area contributed by atoms with Crippen LogP contribution >= 0.6 is 22.9 Å². The van der Waals surface area contributed by atoms with Gasteiger partial charge in [0.25, 0.3) is 5.69 Å². The van der Waals surface area contributed by atoms with E-state index in [2.05, 4.69) is 0 Å². The van der Waals surface area contributed by atoms with Crippen molar-refractivity contribution in [2.24, 2.45) is 36.1 Å². The monoisotopic (exact) mass is 791 g/mol. The highest BCUT2D eigenvalue weighted by Crippen LogP contribution is 2.64. The third kappa shape index (κ3) is 4.94. The normalized spacial score (nSPS) is 25.7. The molecule has 15 heteroatoms. The first-order valence-corrected chi connectivity index (χ1v) is 19.2. The Hall–Kier alpha value is -5.86. The molecule has 4 amide bonds. The Kier molecular flexibility index (Phi) is 8.05. The maximum Gasteiger partial charge on any atom is 0.269 e. The number of carbonyl (C=O) groups is 4. The molecule has 2 saturated heterocycles. The molecule has 3 aromatic carbocycles. The number of hydrogen-bond donors (Lipinski definition) is 1. The molecule has 2 aliphatic carbocycles. The second-order valence-electron chi connectivity index (χ2n) is 15.1. The number of ether oxygens (including phenoxy) is 1. The summed E-state index contributed by atoms with van der Waals surface area (Å²) in [7, 11) is 3.15. The number of amides is 4. The molecule has 0 radical (unpaired) electrons. The van der Waals surface area contributed by atoms with Crippen molar-refractivity contribution in [1.82, 2.24) is 9.78 Å². The Labute approximate surface area is 328 Å². The topological polar surface area (TPSA) is 165 Å². The molecule has 284 valence electrons. The number of carbonyl (C=O) groups excluding carboxylic acids is 4. The van der Waals surface area contributed by atoms with E-state index in [1.165, 1.54) is 58.4 Å². The number of allylic oxidation sites excluding steroid dienone is 2. The molecule has 9 rings (SSSR count). The number of aryl methyl sites for hydroxylation is 2. The lowest BCUT2D eigenvalue weighted by molar-refractivity contribution is -0.384. The number of benzene rings is 3. The highest BCUT2D eigenvalue weighted by Gasteiger charge is 2.68. The number of aromatic hydroxyl groups is 1. The molecule has 3 fully saturated rings. The van der Waals surface area contributed by atoms with Crippen LogP contribution in [0.25, 0.3) is 20.7 Å². The van der Waals surface area contributed by atoms with Gasteiger partial charge in [-0.05, 0) is 80.0 Å². The molecule has 4 aliphatic rings. The summed E-state index contributed by atoms with van der Waals surface area (Å²) in [5.74, 6) is -5.34. The first-order chi connectivity index (χ1) is 26.7. The molecule has 1 N–H and O–H groups in total. The Bertz CT molecular complexity index is 2620. The molecular weight excluding hydrogens is 758 g/mol. The minimum Gasteiger partial charge on any atom is -0.508 e. The fraction of sp³-hybridized carbons (Fsp3) is 0.293. The van der Waals surface area contributed by atoms with Crippen LogP contribution in [0.15, 0.2) is 78.4 Å². The van der Waals surface area contributed by atoms with E-state index in [9.17, 15) is 29.6 Å². The molecule has 0 unspecified atom stereocenters. The standard InChI is InChI=1S/C41H34ClN5O8S/c1-19-27-15-20(42)5-14-32(27)56-36(19)30-18-33(44(3)43-30)46-38(50)29-17-28-24(35(41(29,2)40(46)52)25-11-10-23(55-4)16-31(25)48)12-13-26-34(28)39(51)45(37(26)49)21-6-8-22(9-7-21)47(53)54/h5-12,14-16,18,26,28-29,34-35,48H,13,17H2,1-4H3/t26-,28+,29-,34-,35+,41+/m0/s1. The molecule has 1 saturated carbocycles. The number of nitro groups is 1. The lowest BCUT2D eigenvalue weighted by atomic mass is 9.51. The number of nitrogens with zero attached hydrogens (tertiary/aromatic N) is 5. The number of fused-ring (bicyclic) bond motifs is 5. The van der Waals surface area contributed by atoms with Gasteiger partial charge in [0.2, 0.25) is 23.6 Å². The highest BCUT2D eigenvalue weighted by atomic mass is 35.5. The van der Waals surface area contributed by atoms with Gasteiger partial charge >= 0.3 is 0 Å². The van der Waals surface area contributed by atoms with Gasteiger partial charge in [-0.25, -0.2) is 4.90 Å². The number of methoxy groups -OCH3 is 1. The van der Waals surface area contributed by atoms with Gasteiger partial charge in [-0.15, -0.1) is 11.3 Å². The van der Waals surface area contributed by atoms with Crippen LogP contribution in [0.4, 0.5) is 17.2 Å². The van der Waals surface area contributed by atoms with Crippen LogP contribution in [0.2, 0.25) is 5.02 Å². The smallest absolute Gasteiger partial charge is 0.269 e. The Morgan fingerprint density at radius 3 is 2.43 bits per heavy atom. The minimum atomic E-state index is -1.41. The highest BCUT2D eigenvalue weighted by molar-refractivity contribution is 7.22. The lowest BCUT2D eigenvalue weighted by Crippen LogP contribution is -2.49. The fourth-order valence-electron chi connectivity index (χ4n) is 9.67. The third-order valence-corrected chi connectivity index (χ3v) is 13.9. The molecule has 6 atom stereocenters. The van der Waals surface area contributed by atoms with Gasteiger partial charge in [-0.3, -0.25) is 38.9 Å². The Morgan fingerprint density at radius 2 is 1.73 bits per heavy atom. The van der Waals surface area contributed by atoms with Gasteiger partial charge in [-0.1, -0.05) is 29.3 Å². The maximum absolute atomic E-state index is 15.1. The van der Waals surface area contributed by atoms with Gasteiger partial charge in [0.15, 0.2) is 0 Å². The molecule has 13 nitrogen and oxygen atoms in total. The minimum absolute atomic E-state index is 0.103. The van der Waals surface area contributed by atoms with Crippen LogP contribution in [-0.2, 0) is 26.2 Å². The summed E-state index contributed by atoms with van der Waals surface area (Å²) in [6.45, 7) is 3.73. The van der Waals surface area contributed by atoms with E-state index in [0.717, 1.165) is 25.4 Å². The Morgan fingerprint density at radius 1 is 0.982 bits per heavy atom. The van der Waals surface area contributed by atoms with E-state index in [-0.39, 0.29) is 35.8 Å². The fourth-order valence-corrected chi connectivity index (χ4v) is 11.0. The summed E-state index contributed by atoms with van der Waals surface area (Å²) in [5.41, 5.74) is 1.28. The van der Waals surface area contributed by atoms with Crippen LogP contribution < -0.4 is 14.5 Å². The summed E-state index contributed by atoms with van der Waals surface area (Å²) in [5, 5.41) is 29.2. The van der Waals surface area contributed by atoms with Crippen molar-refractivity contribution < 1.29 is 33.9 Å². The summed E-state index contributed by atoms with van der Waals surface area (Å²) in [6.07, 6.45) is 2.19. The SMILES string of the molecule is COc1ccc([C@H]2C3=CC[C@@H]4C(=O)N(c5ccc([N+](=O)[O-])cc5)C(=O)[C@@H]4[C@@H]3C[C@H]3C(=O)N(c4cc(-c5sc6ccc(Cl)cc6c5C)nn4C)C(=O)[C@@]23C)c(O)c1. The van der Waals surface area contributed by atoms with E-state index < -0.39 is 63.6 Å². The van der Waals surface area contributed by atoms with Crippen molar-refractivity contribution in [3.8, 4) is 22.1 Å². The first-order valence-electron chi connectivity index (χ1n) is 18.0. The number of aromatic nitrogens is 2. The van der Waals surface area contributed by atoms with Crippen molar-refractivity contribution in [3.05, 3.63) is 105 Å². The average Bonchev–Trinajstić information content (AvgIpc) is 3.85. The van der Waals surface area contributed by atoms with Crippen LogP contribution in [0.3, 0.4) is 0 Å². The molecule has 5 aromatic rings. The molecule has 56 heavy (non-hydrogen) atoms. The van der Waals surface area contributed by atoms with Crippen LogP contribution in [0.5, 0.6) is 11.5 Å². The number of phenols is 1. The van der Waals surface area contributed by atoms with Gasteiger partial charge in [0.1, 0.15) is 23.0 Å². The van der Waals surface area contributed by atoms with Gasteiger partial charge in [0.05, 0.1) is 45.8 Å². The van der Waals surface area contributed by atoms with Gasteiger partial charge in [0, 0.05) is 52.5 Å². The van der Waals surface area contributed by atoms with E-state index in [1.807, 2.05) is 31.2 Å². The number of phenolic OH excluding ortho intramolecular Hbond substituents is 1. The number of anilines is 2. The van der Waals surface area contributed by atoms with E-state index in [1.54, 1.807) is 32.2 Å². The zero-order valence-corrected chi connectivity index (χ0v) is 32.1. The van der Waals surface area contributed by atoms with E-state index in [0.29, 0.717) is 27.6 Å². The third-order valence-electron chi connectivity index (χ3n) is 12.4. The number of nitro benzene ring substituents is 1. The van der Waals surface area contributed by atoms with E-state index >= 15 is 4.79 Å². The van der Waals surface area contributed by atoms with Crippen molar-refractivity contribution in [2.45, 2.75) is 32.6 Å². The summed E-state index contributed by atoms with van der Waals surface area (Å²) in [6, 6.07) is 17.5. The number of rotatable bonds is 6. The van der Waals surface area contributed by atoms with Crippen molar-refractivity contribution in [2.75, 3.05) is 16.9 Å². The maximum atomic E-state index is 15.1. The molecule has 0 spiro atoms. The quantitative estimate of drug-likeness (QED) is 0.0803. The van der Waals surface area contributed by atoms with Gasteiger partial charge < -0.3 is 9.84 Å². The molecule has 2 aliphatic heterocycles. The molecule has 4 heterocycles. The predicted molar refractivity (Wildman–Crippen MR) is 209 cm³/mol. The lowest BCUT2D eigenvalue weighted by Gasteiger charge is -2.49. The molecule has 0 bridgehead atoms. The number of thiophene rings is 1. The second-order valence-corrected chi connectivity index (χ2v) is 16.6. The summed E-state index contributed by atoms with van der Waals surface area (Å²) < 4.78 is 7.90. The number of hydrogen-bond acceptors (Lipinski definition) is 10. The second kappa shape index (κ2) is 12.6. The van der Waals surface area contributed by atoms with Crippen molar-refractivity contribution >= 4 is 73.8 Å². The summed E-state index contributed by atoms with van der Waals surface area (Å²) >= 11 is 7.84.